The molecule has 0 bridgehead atoms. The van der Waals surface area contributed by atoms with Crippen molar-refractivity contribution in [3.8, 4) is 5.75 Å². The third-order valence-electron chi connectivity index (χ3n) is 2.29. The third kappa shape index (κ3) is 3.98. The van der Waals surface area contributed by atoms with E-state index in [9.17, 15) is 4.79 Å². The van der Waals surface area contributed by atoms with E-state index >= 15 is 0 Å². The summed E-state index contributed by atoms with van der Waals surface area (Å²) in [6, 6.07) is 7.98. The van der Waals surface area contributed by atoms with Crippen LogP contribution in [0.1, 0.15) is 18.4 Å². The molecule has 1 rings (SSSR count). The van der Waals surface area contributed by atoms with Gasteiger partial charge in [-0.1, -0.05) is 18.7 Å². The van der Waals surface area contributed by atoms with Gasteiger partial charge in [0.25, 0.3) is 0 Å². The summed E-state index contributed by atoms with van der Waals surface area (Å²) in [6.07, 6.45) is 3.53. The van der Waals surface area contributed by atoms with Gasteiger partial charge in [-0.2, -0.15) is 0 Å². The number of ether oxygens (including phenoxy) is 1. The van der Waals surface area contributed by atoms with Gasteiger partial charge < -0.3 is 4.74 Å². The van der Waals surface area contributed by atoms with Crippen molar-refractivity contribution in [3.05, 3.63) is 42.0 Å². The van der Waals surface area contributed by atoms with E-state index in [1.165, 1.54) is 5.56 Å². The Balaban J connectivity index is 2.37. The summed E-state index contributed by atoms with van der Waals surface area (Å²) in [5, 5.41) is 0. The van der Waals surface area contributed by atoms with Crippen LogP contribution in [-0.2, 0) is 11.2 Å². The second-order valence-electron chi connectivity index (χ2n) is 3.48. The molecule has 0 fully saturated rings. The number of methoxy groups -OCH3 is 1. The molecule has 1 aromatic rings. The van der Waals surface area contributed by atoms with Crippen LogP contribution in [0.4, 0.5) is 0 Å². The monoisotopic (exact) mass is 204 g/mol. The zero-order valence-corrected chi connectivity index (χ0v) is 9.03. The predicted molar refractivity (Wildman–Crippen MR) is 61.1 cm³/mol. The number of hydrogen-bond acceptors (Lipinski definition) is 2. The second-order valence-corrected chi connectivity index (χ2v) is 3.48. The van der Waals surface area contributed by atoms with Gasteiger partial charge >= 0.3 is 0 Å². The molecule has 0 unspecified atom stereocenters. The molecule has 1 aromatic carbocycles. The zero-order valence-electron chi connectivity index (χ0n) is 9.03. The molecule has 0 radical (unpaired) electrons. The third-order valence-corrected chi connectivity index (χ3v) is 2.29. The number of allylic oxidation sites excluding steroid dienone is 1. The maximum atomic E-state index is 10.3. The quantitative estimate of drug-likeness (QED) is 0.526. The molecular formula is C13H16O2. The van der Waals surface area contributed by atoms with Crippen molar-refractivity contribution in [2.24, 2.45) is 0 Å². The summed E-state index contributed by atoms with van der Waals surface area (Å²) < 4.78 is 5.07. The van der Waals surface area contributed by atoms with Crippen molar-refractivity contribution in [1.82, 2.24) is 0 Å². The number of carbonyl (C=O) groups is 1. The topological polar surface area (TPSA) is 26.3 Å². The highest BCUT2D eigenvalue weighted by Gasteiger charge is 1.96. The lowest BCUT2D eigenvalue weighted by atomic mass is 10.1. The van der Waals surface area contributed by atoms with Gasteiger partial charge in [0.05, 0.1) is 7.11 Å². The van der Waals surface area contributed by atoms with Crippen molar-refractivity contribution in [1.29, 1.82) is 0 Å². The molecule has 0 aliphatic carbocycles. The Morgan fingerprint density at radius 2 is 2.07 bits per heavy atom. The lowest BCUT2D eigenvalue weighted by Gasteiger charge is -2.03. The van der Waals surface area contributed by atoms with Crippen LogP contribution in [0.25, 0.3) is 0 Å². The van der Waals surface area contributed by atoms with Crippen LogP contribution < -0.4 is 4.74 Å². The van der Waals surface area contributed by atoms with E-state index in [4.69, 9.17) is 4.74 Å². The van der Waals surface area contributed by atoms with Crippen LogP contribution in [0.5, 0.6) is 5.75 Å². The molecule has 0 aromatic heterocycles. The van der Waals surface area contributed by atoms with Crippen molar-refractivity contribution >= 4 is 6.29 Å². The molecule has 0 spiro atoms. The van der Waals surface area contributed by atoms with E-state index in [0.717, 1.165) is 31.3 Å². The fraction of sp³-hybridized carbons (Fsp3) is 0.308. The van der Waals surface area contributed by atoms with Gasteiger partial charge in [0.1, 0.15) is 12.0 Å². The van der Waals surface area contributed by atoms with Gasteiger partial charge in [0.15, 0.2) is 0 Å². The Kier molecular flexibility index (Phi) is 4.61. The molecular weight excluding hydrogens is 188 g/mol. The van der Waals surface area contributed by atoms with Crippen molar-refractivity contribution in [2.75, 3.05) is 7.11 Å². The maximum absolute atomic E-state index is 10.3. The molecule has 0 N–H and O–H groups in total. The van der Waals surface area contributed by atoms with E-state index in [2.05, 4.69) is 6.58 Å². The lowest BCUT2D eigenvalue weighted by Crippen LogP contribution is -1.89. The standard InChI is InChI=1S/C13H16O2/c1-11(10-14)4-3-5-12-6-8-13(15-2)9-7-12/h6-10H,1,3-5H2,2H3. The summed E-state index contributed by atoms with van der Waals surface area (Å²) in [7, 11) is 1.66. The molecule has 2 nitrogen and oxygen atoms in total. The van der Waals surface area contributed by atoms with Crippen LogP contribution in [0.3, 0.4) is 0 Å². The minimum atomic E-state index is 0.670. The SMILES string of the molecule is C=C(C=O)CCCc1ccc(OC)cc1. The van der Waals surface area contributed by atoms with E-state index in [0.29, 0.717) is 5.57 Å². The number of benzene rings is 1. The Morgan fingerprint density at radius 3 is 2.60 bits per heavy atom. The molecule has 0 aliphatic rings. The summed E-state index contributed by atoms with van der Waals surface area (Å²) in [6.45, 7) is 3.64. The van der Waals surface area contributed by atoms with Gasteiger partial charge in [-0.05, 0) is 42.5 Å². The van der Waals surface area contributed by atoms with Crippen molar-refractivity contribution < 1.29 is 9.53 Å². The minimum absolute atomic E-state index is 0.670. The first-order valence-electron chi connectivity index (χ1n) is 5.02. The Morgan fingerprint density at radius 1 is 1.40 bits per heavy atom. The van der Waals surface area contributed by atoms with Gasteiger partial charge in [-0.3, -0.25) is 4.79 Å². The first kappa shape index (κ1) is 11.5. The van der Waals surface area contributed by atoms with Gasteiger partial charge in [-0.15, -0.1) is 0 Å². The number of aldehydes is 1. The Hall–Kier alpha value is -1.57. The highest BCUT2D eigenvalue weighted by molar-refractivity contribution is 5.71. The molecule has 0 amide bonds. The highest BCUT2D eigenvalue weighted by Crippen LogP contribution is 2.13. The van der Waals surface area contributed by atoms with E-state index < -0.39 is 0 Å². The van der Waals surface area contributed by atoms with E-state index in [-0.39, 0.29) is 0 Å². The number of carbonyl (C=O) groups excluding carboxylic acids is 1. The largest absolute Gasteiger partial charge is 0.497 e. The van der Waals surface area contributed by atoms with Crippen LogP contribution >= 0.6 is 0 Å². The molecule has 0 saturated carbocycles. The zero-order chi connectivity index (χ0) is 11.1. The summed E-state index contributed by atoms with van der Waals surface area (Å²) in [5.41, 5.74) is 1.93. The molecule has 80 valence electrons. The summed E-state index contributed by atoms with van der Waals surface area (Å²) in [4.78, 5) is 10.3. The Labute approximate surface area is 90.6 Å². The highest BCUT2D eigenvalue weighted by atomic mass is 16.5. The molecule has 0 heterocycles. The number of hydrogen-bond donors (Lipinski definition) is 0. The normalized spacial score (nSPS) is 9.67. The predicted octanol–water partition coefficient (Wildman–Crippen LogP) is 2.77. The average molecular weight is 204 g/mol. The first-order valence-corrected chi connectivity index (χ1v) is 5.02. The van der Waals surface area contributed by atoms with Gasteiger partial charge in [0, 0.05) is 0 Å². The van der Waals surface area contributed by atoms with Crippen LogP contribution in [0.2, 0.25) is 0 Å². The lowest BCUT2D eigenvalue weighted by molar-refractivity contribution is -0.105. The Bertz CT molecular complexity index is 325. The van der Waals surface area contributed by atoms with Gasteiger partial charge in [-0.25, -0.2) is 0 Å². The molecule has 0 atom stereocenters. The van der Waals surface area contributed by atoms with Crippen LogP contribution in [-0.4, -0.2) is 13.4 Å². The average Bonchev–Trinajstić information content (AvgIpc) is 2.29. The molecule has 2 heteroatoms. The van der Waals surface area contributed by atoms with E-state index in [1.807, 2.05) is 24.3 Å². The fourth-order valence-electron chi connectivity index (χ4n) is 1.37. The maximum Gasteiger partial charge on any atom is 0.145 e. The van der Waals surface area contributed by atoms with Gasteiger partial charge in [0.2, 0.25) is 0 Å². The van der Waals surface area contributed by atoms with Crippen LogP contribution in [0.15, 0.2) is 36.4 Å². The summed E-state index contributed by atoms with van der Waals surface area (Å²) >= 11 is 0. The van der Waals surface area contributed by atoms with E-state index in [1.54, 1.807) is 7.11 Å². The van der Waals surface area contributed by atoms with Crippen molar-refractivity contribution in [3.63, 3.8) is 0 Å². The molecule has 0 saturated heterocycles. The summed E-state index contributed by atoms with van der Waals surface area (Å²) in [5.74, 6) is 0.871. The molecule has 15 heavy (non-hydrogen) atoms. The molecule has 0 aliphatic heterocycles. The first-order chi connectivity index (χ1) is 7.26. The van der Waals surface area contributed by atoms with Crippen molar-refractivity contribution in [2.45, 2.75) is 19.3 Å². The fourth-order valence-corrected chi connectivity index (χ4v) is 1.37. The van der Waals surface area contributed by atoms with Crippen LogP contribution in [0, 0.1) is 0 Å². The number of rotatable bonds is 6. The number of aryl methyl sites for hydroxylation is 1. The smallest absolute Gasteiger partial charge is 0.145 e. The second kappa shape index (κ2) is 6.02. The minimum Gasteiger partial charge on any atom is -0.497 e.